The second-order valence-electron chi connectivity index (χ2n) is 6.99. The van der Waals surface area contributed by atoms with Crippen molar-refractivity contribution in [3.8, 4) is 0 Å². The first-order valence-corrected chi connectivity index (χ1v) is 9.08. The summed E-state index contributed by atoms with van der Waals surface area (Å²) in [6.45, 7) is 0. The molecule has 4 rings (SSSR count). The van der Waals surface area contributed by atoms with Gasteiger partial charge in [-0.1, -0.05) is 54.6 Å². The number of amides is 1. The van der Waals surface area contributed by atoms with Crippen molar-refractivity contribution < 1.29 is 4.79 Å². The molecule has 0 bridgehead atoms. The Balaban J connectivity index is 1.61. The Kier molecular flexibility index (Phi) is 4.51. The number of nitrogens with one attached hydrogen (secondary N) is 1. The minimum atomic E-state index is -0.0951. The first-order valence-electron chi connectivity index (χ1n) is 9.08. The van der Waals surface area contributed by atoms with Gasteiger partial charge in [-0.05, 0) is 47.4 Å². The van der Waals surface area contributed by atoms with Crippen LogP contribution in [0.3, 0.4) is 0 Å². The second kappa shape index (κ2) is 7.12. The number of benzene rings is 3. The lowest BCUT2D eigenvalue weighted by Crippen LogP contribution is -2.15. The van der Waals surface area contributed by atoms with E-state index in [1.54, 1.807) is 0 Å². The van der Waals surface area contributed by atoms with Crippen LogP contribution >= 0.6 is 0 Å². The molecule has 1 aliphatic carbocycles. The maximum atomic E-state index is 12.8. The fraction of sp³-hybridized carbons (Fsp3) is 0.125. The van der Waals surface area contributed by atoms with Gasteiger partial charge in [0.2, 0.25) is 0 Å². The Hall–Kier alpha value is -3.33. The molecule has 0 spiro atoms. The standard InChI is InChI=1S/C24H22N2O/c1-26(2)21-11-7-10-19(16-21)24(27)25-23-13-6-5-12-22(23)20-14-17-8-3-4-9-18(17)15-20/h3-14,16H,15H2,1-2H3,(H,25,27). The van der Waals surface area contributed by atoms with Crippen LogP contribution in [0.4, 0.5) is 11.4 Å². The van der Waals surface area contributed by atoms with Gasteiger partial charge >= 0.3 is 0 Å². The highest BCUT2D eigenvalue weighted by molar-refractivity contribution is 6.07. The Bertz CT molecular complexity index is 1030. The summed E-state index contributed by atoms with van der Waals surface area (Å²) >= 11 is 0. The summed E-state index contributed by atoms with van der Waals surface area (Å²) in [5, 5.41) is 3.10. The molecule has 3 heteroatoms. The Labute approximate surface area is 160 Å². The monoisotopic (exact) mass is 354 g/mol. The maximum Gasteiger partial charge on any atom is 0.255 e. The minimum absolute atomic E-state index is 0.0951. The van der Waals surface area contributed by atoms with Gasteiger partial charge < -0.3 is 10.2 Å². The molecule has 1 aliphatic rings. The molecule has 3 nitrogen and oxygen atoms in total. The lowest BCUT2D eigenvalue weighted by Gasteiger charge is -2.15. The molecular formula is C24H22N2O. The molecule has 0 radical (unpaired) electrons. The van der Waals surface area contributed by atoms with E-state index in [0.29, 0.717) is 5.56 Å². The molecule has 1 amide bonds. The van der Waals surface area contributed by atoms with E-state index in [2.05, 4.69) is 41.7 Å². The van der Waals surface area contributed by atoms with Gasteiger partial charge in [-0.3, -0.25) is 4.79 Å². The van der Waals surface area contributed by atoms with Crippen LogP contribution in [0.15, 0.2) is 72.8 Å². The van der Waals surface area contributed by atoms with Gasteiger partial charge in [-0.15, -0.1) is 0 Å². The lowest BCUT2D eigenvalue weighted by molar-refractivity contribution is 0.102. The van der Waals surface area contributed by atoms with Crippen molar-refractivity contribution in [2.45, 2.75) is 6.42 Å². The van der Waals surface area contributed by atoms with E-state index >= 15 is 0 Å². The number of allylic oxidation sites excluding steroid dienone is 1. The number of hydrogen-bond donors (Lipinski definition) is 1. The molecule has 134 valence electrons. The first kappa shape index (κ1) is 17.1. The number of hydrogen-bond acceptors (Lipinski definition) is 2. The third-order valence-corrected chi connectivity index (χ3v) is 4.91. The number of para-hydroxylation sites is 1. The van der Waals surface area contributed by atoms with Crippen LogP contribution in [0.25, 0.3) is 11.6 Å². The van der Waals surface area contributed by atoms with Crippen molar-refractivity contribution in [2.24, 2.45) is 0 Å². The smallest absolute Gasteiger partial charge is 0.255 e. The average molecular weight is 354 g/mol. The van der Waals surface area contributed by atoms with E-state index in [0.717, 1.165) is 23.4 Å². The molecule has 0 heterocycles. The molecule has 27 heavy (non-hydrogen) atoms. The van der Waals surface area contributed by atoms with E-state index in [1.807, 2.05) is 61.5 Å². The topological polar surface area (TPSA) is 32.3 Å². The molecule has 0 aliphatic heterocycles. The van der Waals surface area contributed by atoms with Gasteiger partial charge in [0.15, 0.2) is 0 Å². The minimum Gasteiger partial charge on any atom is -0.378 e. The SMILES string of the molecule is CN(C)c1cccc(C(=O)Nc2ccccc2C2=Cc3ccccc3C2)c1. The fourth-order valence-corrected chi connectivity index (χ4v) is 3.44. The van der Waals surface area contributed by atoms with Gasteiger partial charge in [0, 0.05) is 36.6 Å². The molecule has 1 N–H and O–H groups in total. The fourth-order valence-electron chi connectivity index (χ4n) is 3.44. The lowest BCUT2D eigenvalue weighted by atomic mass is 10.0. The predicted octanol–water partition coefficient (Wildman–Crippen LogP) is 5.10. The number of carbonyl (C=O) groups is 1. The summed E-state index contributed by atoms with van der Waals surface area (Å²) in [7, 11) is 3.94. The van der Waals surface area contributed by atoms with Gasteiger partial charge in [0.25, 0.3) is 5.91 Å². The molecule has 0 aromatic heterocycles. The number of fused-ring (bicyclic) bond motifs is 1. The summed E-state index contributed by atoms with van der Waals surface area (Å²) in [6, 6.07) is 24.1. The van der Waals surface area contributed by atoms with Crippen molar-refractivity contribution in [3.63, 3.8) is 0 Å². The van der Waals surface area contributed by atoms with E-state index in [9.17, 15) is 4.79 Å². The van der Waals surface area contributed by atoms with Crippen molar-refractivity contribution in [1.82, 2.24) is 0 Å². The van der Waals surface area contributed by atoms with Crippen LogP contribution in [0.2, 0.25) is 0 Å². The summed E-state index contributed by atoms with van der Waals surface area (Å²) < 4.78 is 0. The zero-order valence-electron chi connectivity index (χ0n) is 15.6. The summed E-state index contributed by atoms with van der Waals surface area (Å²) in [6.07, 6.45) is 3.10. The van der Waals surface area contributed by atoms with Crippen molar-refractivity contribution >= 4 is 28.9 Å². The van der Waals surface area contributed by atoms with Gasteiger partial charge in [-0.25, -0.2) is 0 Å². The first-order chi connectivity index (χ1) is 13.1. The van der Waals surface area contributed by atoms with E-state index in [1.165, 1.54) is 16.7 Å². The van der Waals surface area contributed by atoms with E-state index < -0.39 is 0 Å². The summed E-state index contributed by atoms with van der Waals surface area (Å²) in [5.41, 5.74) is 7.39. The Morgan fingerprint density at radius 1 is 0.926 bits per heavy atom. The molecule has 0 unspecified atom stereocenters. The molecule has 0 fully saturated rings. The zero-order chi connectivity index (χ0) is 18.8. The molecular weight excluding hydrogens is 332 g/mol. The van der Waals surface area contributed by atoms with Crippen LogP contribution in [0.1, 0.15) is 27.0 Å². The van der Waals surface area contributed by atoms with Crippen LogP contribution in [-0.4, -0.2) is 20.0 Å². The maximum absolute atomic E-state index is 12.8. The largest absolute Gasteiger partial charge is 0.378 e. The van der Waals surface area contributed by atoms with Crippen LogP contribution in [0.5, 0.6) is 0 Å². The van der Waals surface area contributed by atoms with Crippen LogP contribution in [-0.2, 0) is 6.42 Å². The van der Waals surface area contributed by atoms with Gasteiger partial charge in [-0.2, -0.15) is 0 Å². The summed E-state index contributed by atoms with van der Waals surface area (Å²) in [4.78, 5) is 14.8. The molecule has 3 aromatic carbocycles. The quantitative estimate of drug-likeness (QED) is 0.707. The third kappa shape index (κ3) is 3.49. The normalized spacial score (nSPS) is 12.3. The Morgan fingerprint density at radius 2 is 1.70 bits per heavy atom. The van der Waals surface area contributed by atoms with Crippen LogP contribution in [0, 0.1) is 0 Å². The predicted molar refractivity (Wildman–Crippen MR) is 113 cm³/mol. The van der Waals surface area contributed by atoms with Crippen molar-refractivity contribution in [2.75, 3.05) is 24.3 Å². The molecule has 0 saturated heterocycles. The number of nitrogens with zero attached hydrogens (tertiary/aromatic N) is 1. The average Bonchev–Trinajstić information content (AvgIpc) is 3.12. The molecule has 0 saturated carbocycles. The number of carbonyl (C=O) groups excluding carboxylic acids is 1. The second-order valence-corrected chi connectivity index (χ2v) is 6.99. The highest BCUT2D eigenvalue weighted by Gasteiger charge is 2.17. The third-order valence-electron chi connectivity index (χ3n) is 4.91. The number of rotatable bonds is 4. The van der Waals surface area contributed by atoms with Gasteiger partial charge in [0.05, 0.1) is 0 Å². The molecule has 3 aromatic rings. The van der Waals surface area contributed by atoms with Crippen molar-refractivity contribution in [3.05, 3.63) is 95.1 Å². The highest BCUT2D eigenvalue weighted by Crippen LogP contribution is 2.35. The number of anilines is 2. The van der Waals surface area contributed by atoms with E-state index in [4.69, 9.17) is 0 Å². The van der Waals surface area contributed by atoms with Gasteiger partial charge in [0.1, 0.15) is 0 Å². The van der Waals surface area contributed by atoms with Crippen molar-refractivity contribution in [1.29, 1.82) is 0 Å². The zero-order valence-corrected chi connectivity index (χ0v) is 15.6. The van der Waals surface area contributed by atoms with Crippen LogP contribution < -0.4 is 10.2 Å². The molecule has 0 atom stereocenters. The van der Waals surface area contributed by atoms with E-state index in [-0.39, 0.29) is 5.91 Å². The highest BCUT2D eigenvalue weighted by atomic mass is 16.1. The Morgan fingerprint density at radius 3 is 2.52 bits per heavy atom. The summed E-state index contributed by atoms with van der Waals surface area (Å²) in [5.74, 6) is -0.0951.